The lowest BCUT2D eigenvalue weighted by atomic mass is 9.99. The minimum absolute atomic E-state index is 0.0221. The molecule has 82 valence electrons. The second-order valence-corrected chi connectivity index (χ2v) is 3.92. The van der Waals surface area contributed by atoms with Gasteiger partial charge in [-0.2, -0.15) is 0 Å². The van der Waals surface area contributed by atoms with Crippen molar-refractivity contribution in [3.05, 3.63) is 42.0 Å². The number of carbonyl (C=O) groups excluding carboxylic acids is 1. The zero-order valence-corrected chi connectivity index (χ0v) is 9.37. The van der Waals surface area contributed by atoms with E-state index in [0.717, 1.165) is 10.8 Å². The van der Waals surface area contributed by atoms with Gasteiger partial charge in [0.25, 0.3) is 0 Å². The Bertz CT molecular complexity index is 534. The molecule has 0 amide bonds. The van der Waals surface area contributed by atoms with E-state index in [1.165, 1.54) is 0 Å². The fourth-order valence-electron chi connectivity index (χ4n) is 1.76. The number of aromatic hydroxyl groups is 1. The molecule has 16 heavy (non-hydrogen) atoms. The van der Waals surface area contributed by atoms with Gasteiger partial charge in [-0.25, -0.2) is 0 Å². The van der Waals surface area contributed by atoms with Gasteiger partial charge in [-0.1, -0.05) is 30.3 Å². The molecular weight excluding hydrogens is 224 g/mol. The summed E-state index contributed by atoms with van der Waals surface area (Å²) in [7, 11) is 0. The third-order valence-corrected chi connectivity index (χ3v) is 2.70. The van der Waals surface area contributed by atoms with Gasteiger partial charge >= 0.3 is 0 Å². The van der Waals surface area contributed by atoms with E-state index in [1.54, 1.807) is 12.1 Å². The van der Waals surface area contributed by atoms with Crippen molar-refractivity contribution < 1.29 is 9.90 Å². The van der Waals surface area contributed by atoms with Gasteiger partial charge in [-0.05, 0) is 16.8 Å². The molecule has 0 aliphatic rings. The maximum absolute atomic E-state index is 11.8. The van der Waals surface area contributed by atoms with Crippen molar-refractivity contribution in [1.82, 2.24) is 0 Å². The maximum Gasteiger partial charge on any atom is 0.168 e. The molecule has 0 unspecified atom stereocenters. The molecule has 0 saturated carbocycles. The number of alkyl halides is 1. The summed E-state index contributed by atoms with van der Waals surface area (Å²) in [6, 6.07) is 10.8. The third-order valence-electron chi connectivity index (χ3n) is 2.51. The van der Waals surface area contributed by atoms with Gasteiger partial charge in [0.05, 0.1) is 5.56 Å². The highest BCUT2D eigenvalue weighted by Crippen LogP contribution is 2.28. The summed E-state index contributed by atoms with van der Waals surface area (Å²) in [6.07, 6.45) is 0.239. The first-order valence-electron chi connectivity index (χ1n) is 5.04. The van der Waals surface area contributed by atoms with Gasteiger partial charge < -0.3 is 5.11 Å². The number of halogens is 1. The van der Waals surface area contributed by atoms with Gasteiger partial charge in [-0.15, -0.1) is 11.6 Å². The SMILES string of the molecule is O=C(CCCl)c1c(O)ccc2ccccc12. The lowest BCUT2D eigenvalue weighted by Gasteiger charge is -2.07. The Labute approximate surface area is 98.5 Å². The molecule has 0 atom stereocenters. The highest BCUT2D eigenvalue weighted by molar-refractivity contribution is 6.20. The summed E-state index contributed by atoms with van der Waals surface area (Å²) in [5.74, 6) is 0.166. The average Bonchev–Trinajstić information content (AvgIpc) is 2.29. The maximum atomic E-state index is 11.8. The van der Waals surface area contributed by atoms with Crippen LogP contribution in [0.1, 0.15) is 16.8 Å². The standard InChI is InChI=1S/C13H11ClO2/c14-8-7-12(16)13-10-4-2-1-3-9(10)5-6-11(13)15/h1-6,15H,7-8H2. The van der Waals surface area contributed by atoms with Crippen molar-refractivity contribution in [2.24, 2.45) is 0 Å². The zero-order valence-electron chi connectivity index (χ0n) is 8.61. The molecule has 0 aliphatic heterocycles. The molecule has 2 aromatic carbocycles. The van der Waals surface area contributed by atoms with E-state index < -0.39 is 0 Å². The van der Waals surface area contributed by atoms with Crippen LogP contribution in [0.3, 0.4) is 0 Å². The van der Waals surface area contributed by atoms with Crippen LogP contribution >= 0.6 is 11.6 Å². The molecule has 2 rings (SSSR count). The summed E-state index contributed by atoms with van der Waals surface area (Å²) in [6.45, 7) is 0. The van der Waals surface area contributed by atoms with Crippen LogP contribution in [0.5, 0.6) is 5.75 Å². The van der Waals surface area contributed by atoms with Gasteiger partial charge in [0, 0.05) is 12.3 Å². The minimum Gasteiger partial charge on any atom is -0.507 e. The first kappa shape index (κ1) is 11.0. The molecule has 0 radical (unpaired) electrons. The molecule has 0 saturated heterocycles. The molecule has 0 aromatic heterocycles. The Balaban J connectivity index is 2.66. The van der Waals surface area contributed by atoms with E-state index in [2.05, 4.69) is 0 Å². The third kappa shape index (κ3) is 1.89. The number of carbonyl (C=O) groups is 1. The first-order valence-corrected chi connectivity index (χ1v) is 5.57. The lowest BCUT2D eigenvalue weighted by molar-refractivity contribution is 0.0988. The molecule has 2 nitrogen and oxygen atoms in total. The topological polar surface area (TPSA) is 37.3 Å². The normalized spacial score (nSPS) is 10.6. The van der Waals surface area contributed by atoms with E-state index in [0.29, 0.717) is 5.56 Å². The smallest absolute Gasteiger partial charge is 0.168 e. The molecule has 3 heteroatoms. The highest BCUT2D eigenvalue weighted by atomic mass is 35.5. The van der Waals surface area contributed by atoms with E-state index in [-0.39, 0.29) is 23.8 Å². The molecule has 0 bridgehead atoms. The Hall–Kier alpha value is -1.54. The molecule has 0 aliphatic carbocycles. The van der Waals surface area contributed by atoms with Crippen molar-refractivity contribution in [3.8, 4) is 5.75 Å². The summed E-state index contributed by atoms with van der Waals surface area (Å²) in [5, 5.41) is 11.5. The zero-order chi connectivity index (χ0) is 11.5. The number of phenolic OH excluding ortho intramolecular Hbond substituents is 1. The summed E-state index contributed by atoms with van der Waals surface area (Å²) < 4.78 is 0. The Morgan fingerprint density at radius 3 is 2.69 bits per heavy atom. The molecule has 0 spiro atoms. The highest BCUT2D eigenvalue weighted by Gasteiger charge is 2.14. The monoisotopic (exact) mass is 234 g/mol. The number of fused-ring (bicyclic) bond motifs is 1. The van der Waals surface area contributed by atoms with Crippen LogP contribution in [-0.2, 0) is 0 Å². The molecule has 0 heterocycles. The van der Waals surface area contributed by atoms with Gasteiger partial charge in [0.2, 0.25) is 0 Å². The minimum atomic E-state index is -0.121. The second-order valence-electron chi connectivity index (χ2n) is 3.54. The predicted molar refractivity (Wildman–Crippen MR) is 65.3 cm³/mol. The van der Waals surface area contributed by atoms with Crippen LogP contribution < -0.4 is 0 Å². The molecule has 2 aromatic rings. The molecule has 0 fully saturated rings. The van der Waals surface area contributed by atoms with Crippen LogP contribution in [-0.4, -0.2) is 16.8 Å². The van der Waals surface area contributed by atoms with E-state index >= 15 is 0 Å². The van der Waals surface area contributed by atoms with Gasteiger partial charge in [0.1, 0.15) is 5.75 Å². The van der Waals surface area contributed by atoms with Crippen LogP contribution in [0.2, 0.25) is 0 Å². The van der Waals surface area contributed by atoms with E-state index in [1.807, 2.05) is 24.3 Å². The average molecular weight is 235 g/mol. The van der Waals surface area contributed by atoms with Crippen molar-refractivity contribution in [3.63, 3.8) is 0 Å². The Morgan fingerprint density at radius 1 is 1.19 bits per heavy atom. The number of phenols is 1. The largest absolute Gasteiger partial charge is 0.507 e. The van der Waals surface area contributed by atoms with Crippen molar-refractivity contribution >= 4 is 28.2 Å². The summed E-state index contributed by atoms with van der Waals surface area (Å²) in [4.78, 5) is 11.8. The summed E-state index contributed by atoms with van der Waals surface area (Å²) in [5.41, 5.74) is 0.374. The quantitative estimate of drug-likeness (QED) is 0.653. The van der Waals surface area contributed by atoms with Crippen molar-refractivity contribution in [2.45, 2.75) is 6.42 Å². The fraction of sp³-hybridized carbons (Fsp3) is 0.154. The summed E-state index contributed by atoms with van der Waals surface area (Å²) >= 11 is 5.55. The Kier molecular flexibility index (Phi) is 3.11. The first-order chi connectivity index (χ1) is 7.74. The number of Topliss-reactive ketones (excluding diaryl/α,β-unsaturated/α-hetero) is 1. The number of benzene rings is 2. The second kappa shape index (κ2) is 4.54. The number of ketones is 1. The van der Waals surface area contributed by atoms with Crippen LogP contribution in [0.25, 0.3) is 10.8 Å². The van der Waals surface area contributed by atoms with Crippen LogP contribution in [0, 0.1) is 0 Å². The fourth-order valence-corrected chi connectivity index (χ4v) is 1.94. The van der Waals surface area contributed by atoms with Gasteiger partial charge in [0.15, 0.2) is 5.78 Å². The Morgan fingerprint density at radius 2 is 1.94 bits per heavy atom. The predicted octanol–water partition coefficient (Wildman–Crippen LogP) is 3.36. The van der Waals surface area contributed by atoms with Crippen LogP contribution in [0.15, 0.2) is 36.4 Å². The molecule has 1 N–H and O–H groups in total. The number of rotatable bonds is 3. The van der Waals surface area contributed by atoms with Crippen LogP contribution in [0.4, 0.5) is 0 Å². The number of hydrogen-bond acceptors (Lipinski definition) is 2. The van der Waals surface area contributed by atoms with E-state index in [4.69, 9.17) is 11.6 Å². The van der Waals surface area contributed by atoms with Crippen molar-refractivity contribution in [2.75, 3.05) is 5.88 Å². The number of hydrogen-bond donors (Lipinski definition) is 1. The molecular formula is C13H11ClO2. The van der Waals surface area contributed by atoms with Crippen molar-refractivity contribution in [1.29, 1.82) is 0 Å². The van der Waals surface area contributed by atoms with E-state index in [9.17, 15) is 9.90 Å². The van der Waals surface area contributed by atoms with Gasteiger partial charge in [-0.3, -0.25) is 4.79 Å². The lowest BCUT2D eigenvalue weighted by Crippen LogP contribution is -2.01.